The summed E-state index contributed by atoms with van der Waals surface area (Å²) in [6.45, 7) is 0. The van der Waals surface area contributed by atoms with Crippen LogP contribution in [0.15, 0.2) is 218 Å². The molecule has 0 aliphatic rings. The number of aromatic nitrogens is 4. The second-order valence-electron chi connectivity index (χ2n) is 18.2. The van der Waals surface area contributed by atoms with E-state index in [2.05, 4.69) is 0 Å². The molecule has 10 heteroatoms. The normalized spacial score (nSPS) is 12.6. The fourth-order valence-electron chi connectivity index (χ4n) is 11.5. The number of hydrogen-bond donors (Lipinski definition) is 0. The number of rotatable bonds is 5. The molecule has 0 spiro atoms. The average molecular weight is 951 g/mol. The molecular weight excluding hydrogens is 915 g/mol. The van der Waals surface area contributed by atoms with Gasteiger partial charge in [-0.3, -0.25) is 0 Å². The fourth-order valence-corrected chi connectivity index (χ4v) is 11.5. The monoisotopic (exact) mass is 950 g/mol. The topological polar surface area (TPSA) is 19.7 Å². The molecule has 0 aliphatic carbocycles. The third-order valence-electron chi connectivity index (χ3n) is 14.4. The van der Waals surface area contributed by atoms with Crippen LogP contribution < -0.4 is 0 Å². The summed E-state index contributed by atoms with van der Waals surface area (Å²) in [4.78, 5) is 0. The van der Waals surface area contributed by atoms with Gasteiger partial charge in [-0.05, 0) is 72.8 Å². The van der Waals surface area contributed by atoms with Gasteiger partial charge < -0.3 is 18.3 Å². The zero-order valence-electron chi connectivity index (χ0n) is 37.8. The maximum Gasteiger partial charge on any atom is 0.418 e. The van der Waals surface area contributed by atoms with E-state index in [4.69, 9.17) is 0 Å². The Morgan fingerprint density at radius 3 is 0.597 bits per heavy atom. The van der Waals surface area contributed by atoms with E-state index in [-0.39, 0.29) is 33.9 Å². The quantitative estimate of drug-likeness (QED) is 0.153. The summed E-state index contributed by atoms with van der Waals surface area (Å²) in [5, 5.41) is 6.35. The van der Waals surface area contributed by atoms with Gasteiger partial charge in [0.25, 0.3) is 0 Å². The minimum absolute atomic E-state index is 0.0468. The Labute approximate surface area is 406 Å². The Hall–Kier alpha value is -9.02. The predicted molar refractivity (Wildman–Crippen MR) is 279 cm³/mol. The molecule has 0 radical (unpaired) electrons. The Morgan fingerprint density at radius 1 is 0.222 bits per heavy atom. The van der Waals surface area contributed by atoms with Crippen molar-refractivity contribution < 1.29 is 26.3 Å². The molecule has 10 aromatic carbocycles. The molecule has 14 aromatic rings. The van der Waals surface area contributed by atoms with Crippen LogP contribution in [-0.4, -0.2) is 18.3 Å². The van der Waals surface area contributed by atoms with Crippen molar-refractivity contribution in [2.45, 2.75) is 12.4 Å². The molecule has 346 valence electrons. The third kappa shape index (κ3) is 6.01. The molecule has 0 saturated carbocycles. The van der Waals surface area contributed by atoms with Crippen LogP contribution in [0.5, 0.6) is 0 Å². The lowest BCUT2D eigenvalue weighted by Gasteiger charge is -2.25. The molecule has 0 amide bonds. The van der Waals surface area contributed by atoms with Crippen molar-refractivity contribution in [1.29, 1.82) is 0 Å². The van der Waals surface area contributed by atoms with Gasteiger partial charge in [0.05, 0.1) is 78.0 Å². The first kappa shape index (κ1) is 41.9. The van der Waals surface area contributed by atoms with E-state index < -0.39 is 23.5 Å². The summed E-state index contributed by atoms with van der Waals surface area (Å²) in [6, 6.07) is 65.0. The van der Waals surface area contributed by atoms with Gasteiger partial charge in [-0.1, -0.05) is 146 Å². The van der Waals surface area contributed by atoms with Crippen LogP contribution in [0.25, 0.3) is 121 Å². The molecule has 0 saturated heterocycles. The van der Waals surface area contributed by atoms with Crippen molar-refractivity contribution in [3.05, 3.63) is 230 Å². The van der Waals surface area contributed by atoms with E-state index >= 15 is 26.3 Å². The number of hydrogen-bond acceptors (Lipinski definition) is 0. The summed E-state index contributed by atoms with van der Waals surface area (Å²) in [6.07, 6.45) is -9.97. The van der Waals surface area contributed by atoms with Gasteiger partial charge in [-0.25, -0.2) is 0 Å². The zero-order valence-corrected chi connectivity index (χ0v) is 37.8. The van der Waals surface area contributed by atoms with Crippen molar-refractivity contribution >= 4 is 87.2 Å². The lowest BCUT2D eigenvalue weighted by molar-refractivity contribution is -0.138. The van der Waals surface area contributed by atoms with Gasteiger partial charge in [-0.15, -0.1) is 0 Å². The van der Waals surface area contributed by atoms with E-state index in [9.17, 15) is 0 Å². The lowest BCUT2D eigenvalue weighted by Crippen LogP contribution is -2.15. The van der Waals surface area contributed by atoms with Crippen molar-refractivity contribution in [2.24, 2.45) is 0 Å². The first-order valence-electron chi connectivity index (χ1n) is 23.5. The van der Waals surface area contributed by atoms with Crippen LogP contribution in [0.2, 0.25) is 0 Å². The highest BCUT2D eigenvalue weighted by Gasteiger charge is 2.40. The van der Waals surface area contributed by atoms with Gasteiger partial charge in [0.1, 0.15) is 0 Å². The summed E-state index contributed by atoms with van der Waals surface area (Å²) in [5.41, 5.74) is 2.94. The highest BCUT2D eigenvalue weighted by atomic mass is 19.4. The molecule has 0 fully saturated rings. The number of alkyl halides is 6. The van der Waals surface area contributed by atoms with E-state index in [0.29, 0.717) is 44.1 Å². The molecule has 72 heavy (non-hydrogen) atoms. The third-order valence-corrected chi connectivity index (χ3v) is 14.4. The maximum absolute atomic E-state index is 16.5. The van der Waals surface area contributed by atoms with Crippen LogP contribution in [0, 0.1) is 0 Å². The molecule has 0 N–H and O–H groups in total. The standard InChI is InChI=1S/C62H36F6N4/c63-61(64,65)47-33-45(57(69-49-25-9-1-17-37(49)38-18-2-10-26-50(38)69)35-59(47)71-53-29-13-5-21-41(53)42-22-6-14-30-54(42)71)46-34-48(62(66,67)68)60(72-55-31-15-7-23-43(55)44-24-8-16-32-56(44)72)36-58(46)70-51-27-11-3-19-39(51)40-20-4-12-28-52(40)70/h1-36H. The van der Waals surface area contributed by atoms with Crippen LogP contribution in [0.3, 0.4) is 0 Å². The van der Waals surface area contributed by atoms with Gasteiger partial charge in [0.15, 0.2) is 0 Å². The predicted octanol–water partition coefficient (Wildman–Crippen LogP) is 17.8. The summed E-state index contributed by atoms with van der Waals surface area (Å²) in [5.74, 6) is 0. The van der Waals surface area contributed by atoms with Crippen molar-refractivity contribution in [1.82, 2.24) is 18.3 Å². The van der Waals surface area contributed by atoms with Gasteiger partial charge in [0, 0.05) is 54.2 Å². The fraction of sp³-hybridized carbons (Fsp3) is 0.0323. The highest BCUT2D eigenvalue weighted by molar-refractivity contribution is 6.14. The van der Waals surface area contributed by atoms with Gasteiger partial charge >= 0.3 is 12.4 Å². The molecule has 0 unspecified atom stereocenters. The van der Waals surface area contributed by atoms with E-state index in [1.165, 1.54) is 12.1 Å². The average Bonchev–Trinajstić information content (AvgIpc) is 4.13. The van der Waals surface area contributed by atoms with Crippen LogP contribution >= 0.6 is 0 Å². The Morgan fingerprint density at radius 2 is 0.403 bits per heavy atom. The second-order valence-corrected chi connectivity index (χ2v) is 18.2. The smallest absolute Gasteiger partial charge is 0.309 e. The van der Waals surface area contributed by atoms with E-state index in [1.807, 2.05) is 155 Å². The summed E-state index contributed by atoms with van der Waals surface area (Å²) < 4.78 is 106. The van der Waals surface area contributed by atoms with Crippen molar-refractivity contribution in [2.75, 3.05) is 0 Å². The minimum Gasteiger partial charge on any atom is -0.309 e. The SMILES string of the molecule is FC(F)(F)c1cc(-c2cc(C(F)(F)F)c(-n3c4ccccc4c4ccccc43)cc2-n2c3ccccc3c3ccccc32)c(-n2c3ccccc3c3ccccc32)cc1-n1c2ccccc2c2ccccc21. The van der Waals surface area contributed by atoms with Crippen LogP contribution in [-0.2, 0) is 12.4 Å². The number of para-hydroxylation sites is 8. The van der Waals surface area contributed by atoms with E-state index in [0.717, 1.165) is 55.2 Å². The van der Waals surface area contributed by atoms with Crippen molar-refractivity contribution in [3.63, 3.8) is 0 Å². The molecule has 4 heterocycles. The summed E-state index contributed by atoms with van der Waals surface area (Å²) >= 11 is 0. The molecule has 14 rings (SSSR count). The number of halogens is 6. The molecule has 4 nitrogen and oxygen atoms in total. The zero-order chi connectivity index (χ0) is 48.6. The number of fused-ring (bicyclic) bond motifs is 12. The Bertz CT molecular complexity index is 4060. The first-order chi connectivity index (χ1) is 35.0. The lowest BCUT2D eigenvalue weighted by atomic mass is 9.94. The van der Waals surface area contributed by atoms with Crippen LogP contribution in [0.4, 0.5) is 26.3 Å². The number of benzene rings is 10. The molecule has 0 bridgehead atoms. The Kier molecular flexibility index (Phi) is 8.87. The van der Waals surface area contributed by atoms with Gasteiger partial charge in [0.2, 0.25) is 0 Å². The van der Waals surface area contributed by atoms with Gasteiger partial charge in [-0.2, -0.15) is 26.3 Å². The first-order valence-corrected chi connectivity index (χ1v) is 23.5. The second kappa shape index (κ2) is 15.2. The van der Waals surface area contributed by atoms with Crippen molar-refractivity contribution in [3.8, 4) is 33.9 Å². The van der Waals surface area contributed by atoms with E-state index in [1.54, 1.807) is 57.7 Å². The van der Waals surface area contributed by atoms with Crippen LogP contribution in [0.1, 0.15) is 11.1 Å². The summed E-state index contributed by atoms with van der Waals surface area (Å²) in [7, 11) is 0. The largest absolute Gasteiger partial charge is 0.418 e. The molecule has 0 aliphatic heterocycles. The molecule has 0 atom stereocenters. The molecular formula is C62H36F6N4. The Balaban J connectivity index is 1.22. The highest BCUT2D eigenvalue weighted by Crippen LogP contribution is 2.50. The minimum atomic E-state index is -4.99. The number of nitrogens with zero attached hydrogens (tertiary/aromatic N) is 4. The maximum atomic E-state index is 16.5. The molecule has 4 aromatic heterocycles.